The molecule has 0 bridgehead atoms. The Bertz CT molecular complexity index is 1890. The molecule has 12 heteroatoms. The lowest BCUT2D eigenvalue weighted by atomic mass is 10.2. The van der Waals surface area contributed by atoms with E-state index < -0.39 is 0 Å². The molecule has 9 nitrogen and oxygen atoms in total. The van der Waals surface area contributed by atoms with Crippen LogP contribution in [0, 0.1) is 3.95 Å². The number of amides is 1. The van der Waals surface area contributed by atoms with E-state index in [2.05, 4.69) is 5.32 Å². The zero-order valence-corrected chi connectivity index (χ0v) is 23.1. The van der Waals surface area contributed by atoms with E-state index in [1.807, 2.05) is 51.4 Å². The Morgan fingerprint density at radius 3 is 2.67 bits per heavy atom. The Kier molecular flexibility index (Phi) is 6.90. The summed E-state index contributed by atoms with van der Waals surface area (Å²) in [5, 5.41) is 3.49. The molecule has 4 heterocycles. The molecule has 1 amide bonds. The van der Waals surface area contributed by atoms with E-state index >= 15 is 0 Å². The van der Waals surface area contributed by atoms with Crippen LogP contribution in [-0.2, 0) is 16.1 Å². The summed E-state index contributed by atoms with van der Waals surface area (Å²) in [6.45, 7) is 2.39. The van der Waals surface area contributed by atoms with Crippen molar-refractivity contribution in [2.45, 2.75) is 18.6 Å². The van der Waals surface area contributed by atoms with Crippen LogP contribution in [0.25, 0.3) is 32.7 Å². The van der Waals surface area contributed by atoms with Gasteiger partial charge in [0, 0.05) is 5.69 Å². The van der Waals surface area contributed by atoms with Crippen LogP contribution in [0.2, 0.25) is 0 Å². The first-order valence-electron chi connectivity index (χ1n) is 12.1. The van der Waals surface area contributed by atoms with Crippen molar-refractivity contribution in [2.24, 2.45) is 0 Å². The quantitative estimate of drug-likeness (QED) is 0.105. The highest BCUT2D eigenvalue weighted by atomic mass is 32.2. The van der Waals surface area contributed by atoms with Crippen LogP contribution in [0.1, 0.15) is 23.0 Å². The number of thiazole rings is 1. The summed E-state index contributed by atoms with van der Waals surface area (Å²) in [5.41, 5.74) is 4.29. The molecule has 0 fully saturated rings. The SMILES string of the molecule is CCOC(=O)c1ccc(-n2c(=S)sc3c2nc(SCC(=O)NCc2ccco2)n2c4ccccc4nc32)cc1. The molecule has 0 unspecified atom stereocenters. The summed E-state index contributed by atoms with van der Waals surface area (Å²) in [5.74, 6) is 0.311. The van der Waals surface area contributed by atoms with E-state index in [1.165, 1.54) is 23.1 Å². The van der Waals surface area contributed by atoms with Crippen LogP contribution < -0.4 is 5.32 Å². The highest BCUT2D eigenvalue weighted by Crippen LogP contribution is 2.34. The maximum atomic E-state index is 12.7. The standard InChI is InChI=1S/C27H21N5O4S3/c1-2-35-25(34)16-9-11-17(12-10-16)31-24-22(39-27(31)37)23-29-19-7-3-4-8-20(19)32(23)26(30-24)38-15-21(33)28-14-18-6-5-13-36-18/h3-13H,2,14-15H2,1H3,(H,28,33). The molecular formula is C27H21N5O4S3. The normalized spacial score (nSPS) is 11.4. The summed E-state index contributed by atoms with van der Waals surface area (Å²) in [6, 6.07) is 18.5. The van der Waals surface area contributed by atoms with Crippen LogP contribution in [0.4, 0.5) is 0 Å². The zero-order chi connectivity index (χ0) is 26.9. The molecule has 0 saturated heterocycles. The van der Waals surface area contributed by atoms with Gasteiger partial charge in [-0.05, 0) is 67.7 Å². The monoisotopic (exact) mass is 575 g/mol. The van der Waals surface area contributed by atoms with Gasteiger partial charge in [-0.1, -0.05) is 35.2 Å². The maximum Gasteiger partial charge on any atom is 0.338 e. The predicted octanol–water partition coefficient (Wildman–Crippen LogP) is 5.80. The van der Waals surface area contributed by atoms with Crippen molar-refractivity contribution in [1.29, 1.82) is 0 Å². The van der Waals surface area contributed by atoms with Gasteiger partial charge in [0.1, 0.15) is 10.5 Å². The number of nitrogens with zero attached hydrogens (tertiary/aromatic N) is 4. The summed E-state index contributed by atoms with van der Waals surface area (Å²) >= 11 is 8.50. The molecule has 6 aromatic rings. The Morgan fingerprint density at radius 1 is 1.08 bits per heavy atom. The summed E-state index contributed by atoms with van der Waals surface area (Å²) < 4.78 is 15.7. The molecule has 4 aromatic heterocycles. The number of hydrogen-bond acceptors (Lipinski definition) is 9. The summed E-state index contributed by atoms with van der Waals surface area (Å²) in [6.07, 6.45) is 1.57. The number of furan rings is 1. The van der Waals surface area contributed by atoms with Gasteiger partial charge >= 0.3 is 5.97 Å². The van der Waals surface area contributed by atoms with E-state index in [1.54, 1.807) is 31.4 Å². The van der Waals surface area contributed by atoms with Crippen LogP contribution in [-0.4, -0.2) is 43.2 Å². The van der Waals surface area contributed by atoms with E-state index in [9.17, 15) is 9.59 Å². The van der Waals surface area contributed by atoms with Crippen molar-refractivity contribution in [3.8, 4) is 5.69 Å². The number of ether oxygens (including phenoxy) is 1. The number of esters is 1. The average Bonchev–Trinajstić information content (AvgIpc) is 3.68. The lowest BCUT2D eigenvalue weighted by Crippen LogP contribution is -2.24. The zero-order valence-electron chi connectivity index (χ0n) is 20.6. The van der Waals surface area contributed by atoms with Gasteiger partial charge < -0.3 is 14.5 Å². The van der Waals surface area contributed by atoms with Gasteiger partial charge in [-0.3, -0.25) is 13.8 Å². The molecule has 2 aromatic carbocycles. The molecule has 0 radical (unpaired) electrons. The van der Waals surface area contributed by atoms with Crippen LogP contribution >= 0.6 is 35.3 Å². The van der Waals surface area contributed by atoms with Crippen LogP contribution in [0.15, 0.2) is 76.5 Å². The smallest absolute Gasteiger partial charge is 0.338 e. The van der Waals surface area contributed by atoms with Crippen molar-refractivity contribution in [3.63, 3.8) is 0 Å². The molecule has 1 N–H and O–H groups in total. The largest absolute Gasteiger partial charge is 0.467 e. The lowest BCUT2D eigenvalue weighted by molar-refractivity contribution is -0.118. The maximum absolute atomic E-state index is 12.7. The first-order chi connectivity index (χ1) is 19.0. The van der Waals surface area contributed by atoms with E-state index in [0.29, 0.717) is 39.2 Å². The second-order valence-electron chi connectivity index (χ2n) is 8.42. The number of carbonyl (C=O) groups is 2. The third-order valence-electron chi connectivity index (χ3n) is 5.95. The Balaban J connectivity index is 1.42. The fourth-order valence-corrected chi connectivity index (χ4v) is 6.37. The van der Waals surface area contributed by atoms with Crippen molar-refractivity contribution < 1.29 is 18.7 Å². The Labute approximate surface area is 235 Å². The minimum atomic E-state index is -0.379. The average molecular weight is 576 g/mol. The lowest BCUT2D eigenvalue weighted by Gasteiger charge is -2.09. The number of hydrogen-bond donors (Lipinski definition) is 1. The summed E-state index contributed by atoms with van der Waals surface area (Å²) in [7, 11) is 0. The number of aromatic nitrogens is 4. The molecule has 0 saturated carbocycles. The highest BCUT2D eigenvalue weighted by molar-refractivity contribution is 7.99. The van der Waals surface area contributed by atoms with Gasteiger partial charge in [0.15, 0.2) is 20.4 Å². The number of thioether (sulfide) groups is 1. The number of fused-ring (bicyclic) bond motifs is 5. The van der Waals surface area contributed by atoms with Gasteiger partial charge in [0.2, 0.25) is 5.91 Å². The van der Waals surface area contributed by atoms with Gasteiger partial charge in [-0.15, -0.1) is 0 Å². The summed E-state index contributed by atoms with van der Waals surface area (Å²) in [4.78, 5) is 34.7. The number of imidazole rings is 1. The minimum Gasteiger partial charge on any atom is -0.467 e. The highest BCUT2D eigenvalue weighted by Gasteiger charge is 2.20. The van der Waals surface area contributed by atoms with E-state index in [4.69, 9.17) is 31.3 Å². The van der Waals surface area contributed by atoms with Gasteiger partial charge in [-0.25, -0.2) is 14.8 Å². The van der Waals surface area contributed by atoms with Gasteiger partial charge in [0.05, 0.1) is 41.8 Å². The minimum absolute atomic E-state index is 0.146. The molecule has 0 aliphatic rings. The fraction of sp³-hybridized carbons (Fsp3) is 0.148. The number of carbonyl (C=O) groups excluding carboxylic acids is 2. The van der Waals surface area contributed by atoms with Crippen LogP contribution in [0.3, 0.4) is 0 Å². The first-order valence-corrected chi connectivity index (χ1v) is 14.3. The molecular weight excluding hydrogens is 555 g/mol. The van der Waals surface area contributed by atoms with Crippen molar-refractivity contribution in [1.82, 2.24) is 24.3 Å². The van der Waals surface area contributed by atoms with Crippen molar-refractivity contribution in [2.75, 3.05) is 12.4 Å². The third-order valence-corrected chi connectivity index (χ3v) is 8.25. The number of rotatable bonds is 8. The van der Waals surface area contributed by atoms with Crippen molar-refractivity contribution >= 4 is 74.2 Å². The Morgan fingerprint density at radius 2 is 1.90 bits per heavy atom. The molecule has 0 spiro atoms. The van der Waals surface area contributed by atoms with Gasteiger partial charge in [0.25, 0.3) is 0 Å². The molecule has 0 aliphatic heterocycles. The van der Waals surface area contributed by atoms with Gasteiger partial charge in [-0.2, -0.15) is 0 Å². The molecule has 0 atom stereocenters. The number of para-hydroxylation sites is 2. The van der Waals surface area contributed by atoms with Crippen LogP contribution in [0.5, 0.6) is 0 Å². The molecule has 0 aliphatic carbocycles. The molecule has 196 valence electrons. The Hall–Kier alpha value is -4.00. The second kappa shape index (κ2) is 10.6. The first kappa shape index (κ1) is 25.3. The number of benzene rings is 2. The molecule has 6 rings (SSSR count). The van der Waals surface area contributed by atoms with Crippen molar-refractivity contribution in [3.05, 3.63) is 82.2 Å². The fourth-order valence-electron chi connectivity index (χ4n) is 4.19. The predicted molar refractivity (Wildman–Crippen MR) is 153 cm³/mol. The molecule has 39 heavy (non-hydrogen) atoms. The number of nitrogens with one attached hydrogen (secondary N) is 1. The van der Waals surface area contributed by atoms with E-state index in [0.717, 1.165) is 27.1 Å². The second-order valence-corrected chi connectivity index (χ2v) is 11.0. The van der Waals surface area contributed by atoms with E-state index in [-0.39, 0.29) is 17.6 Å². The topological polar surface area (TPSA) is 104 Å². The third kappa shape index (κ3) is 4.82.